The number of anilines is 1. The summed E-state index contributed by atoms with van der Waals surface area (Å²) in [5, 5.41) is 2.30. The van der Waals surface area contributed by atoms with Gasteiger partial charge >= 0.3 is 0 Å². The number of hydrogen-bond acceptors (Lipinski definition) is 7. The van der Waals surface area contributed by atoms with E-state index < -0.39 is 9.84 Å². The van der Waals surface area contributed by atoms with E-state index in [4.69, 9.17) is 15.5 Å². The van der Waals surface area contributed by atoms with Crippen LogP contribution in [0.1, 0.15) is 30.5 Å². The van der Waals surface area contributed by atoms with Crippen molar-refractivity contribution in [1.82, 2.24) is 9.47 Å². The summed E-state index contributed by atoms with van der Waals surface area (Å²) >= 11 is 1.84. The Morgan fingerprint density at radius 1 is 1.18 bits per heavy atom. The lowest BCUT2D eigenvalue weighted by molar-refractivity contribution is 0.0616. The first-order valence-corrected chi connectivity index (χ1v) is 14.8. The zero-order valence-electron chi connectivity index (χ0n) is 19.3. The van der Waals surface area contributed by atoms with Crippen molar-refractivity contribution < 1.29 is 13.2 Å². The molecule has 1 aromatic carbocycles. The Hall–Kier alpha value is -1.55. The van der Waals surface area contributed by atoms with E-state index in [-0.39, 0.29) is 17.5 Å². The van der Waals surface area contributed by atoms with Crippen LogP contribution in [0.3, 0.4) is 0 Å². The minimum atomic E-state index is -2.83. The maximum Gasteiger partial charge on any atom is 0.152 e. The van der Waals surface area contributed by atoms with E-state index >= 15 is 0 Å². The summed E-state index contributed by atoms with van der Waals surface area (Å²) in [6, 6.07) is 6.83. The van der Waals surface area contributed by atoms with Crippen LogP contribution in [0.4, 0.5) is 5.69 Å². The molecule has 2 aromatic rings. The normalized spacial score (nSPS) is 24.4. The van der Waals surface area contributed by atoms with Crippen LogP contribution >= 0.6 is 11.8 Å². The molecule has 2 fully saturated rings. The molecule has 2 saturated heterocycles. The standard InChI is InChI=1S/C24H34N4O3S2/c1-17-12-19-14-22(28(23(19)21(25)13-17)15-18-3-8-31-9-4-18)24-26-20(16-32-24)2-5-27-6-10-33(29,30)11-7-27/h12-14,18,20H,2-11,15-16,25H2,1H3/t20-/m0/s1. The van der Waals surface area contributed by atoms with Gasteiger partial charge in [0.25, 0.3) is 0 Å². The zero-order chi connectivity index (χ0) is 23.0. The van der Waals surface area contributed by atoms with E-state index in [1.54, 1.807) is 0 Å². The molecule has 1 atom stereocenters. The second-order valence-electron chi connectivity index (χ2n) is 9.67. The molecule has 3 aliphatic heterocycles. The summed E-state index contributed by atoms with van der Waals surface area (Å²) in [6.07, 6.45) is 3.13. The van der Waals surface area contributed by atoms with E-state index in [0.717, 1.165) is 67.6 Å². The van der Waals surface area contributed by atoms with Gasteiger partial charge in [0.2, 0.25) is 0 Å². The molecule has 0 amide bonds. The molecule has 7 nitrogen and oxygen atoms in total. The Morgan fingerprint density at radius 2 is 1.94 bits per heavy atom. The molecule has 0 saturated carbocycles. The van der Waals surface area contributed by atoms with Gasteiger partial charge in [-0.1, -0.05) is 0 Å². The average Bonchev–Trinajstić information content (AvgIpc) is 3.38. The van der Waals surface area contributed by atoms with Crippen molar-refractivity contribution >= 4 is 43.2 Å². The van der Waals surface area contributed by atoms with Gasteiger partial charge in [0, 0.05) is 50.5 Å². The van der Waals surface area contributed by atoms with Gasteiger partial charge in [-0.05, 0) is 55.9 Å². The van der Waals surface area contributed by atoms with E-state index in [1.807, 2.05) is 11.8 Å². The van der Waals surface area contributed by atoms with Crippen LogP contribution in [0.5, 0.6) is 0 Å². The molecule has 1 aromatic heterocycles. The maximum atomic E-state index is 11.7. The molecule has 3 aliphatic rings. The molecule has 4 heterocycles. The number of benzene rings is 1. The number of rotatable bonds is 6. The fourth-order valence-corrected chi connectivity index (χ4v) is 7.57. The SMILES string of the molecule is Cc1cc(N)c2c(c1)cc(C1=N[C@@H](CCN3CCS(=O)(=O)CC3)CS1)n2CC1CCOCC1. The van der Waals surface area contributed by atoms with Gasteiger partial charge in [-0.25, -0.2) is 8.42 Å². The fraction of sp³-hybridized carbons (Fsp3) is 0.625. The molecular weight excluding hydrogens is 456 g/mol. The number of thioether (sulfide) groups is 1. The van der Waals surface area contributed by atoms with Crippen LogP contribution in [-0.2, 0) is 21.1 Å². The summed E-state index contributed by atoms with van der Waals surface area (Å²) in [5.41, 5.74) is 10.8. The van der Waals surface area contributed by atoms with Crippen LogP contribution < -0.4 is 5.73 Å². The van der Waals surface area contributed by atoms with Gasteiger partial charge in [-0.2, -0.15) is 0 Å². The van der Waals surface area contributed by atoms with Crippen LogP contribution in [0.25, 0.3) is 10.9 Å². The smallest absolute Gasteiger partial charge is 0.152 e. The number of nitrogens with zero attached hydrogens (tertiary/aromatic N) is 3. The second-order valence-corrected chi connectivity index (χ2v) is 13.0. The number of sulfone groups is 1. The number of hydrogen-bond donors (Lipinski definition) is 1. The van der Waals surface area contributed by atoms with Crippen molar-refractivity contribution in [1.29, 1.82) is 0 Å². The molecule has 33 heavy (non-hydrogen) atoms. The van der Waals surface area contributed by atoms with Crippen LogP contribution in [0, 0.1) is 12.8 Å². The van der Waals surface area contributed by atoms with Gasteiger partial charge < -0.3 is 19.9 Å². The Balaban J connectivity index is 1.36. The highest BCUT2D eigenvalue weighted by Gasteiger charge is 2.27. The Bertz CT molecular complexity index is 1140. The molecule has 0 bridgehead atoms. The molecule has 180 valence electrons. The third kappa shape index (κ3) is 5.26. The molecule has 2 N–H and O–H groups in total. The van der Waals surface area contributed by atoms with Crippen molar-refractivity contribution in [2.75, 3.05) is 55.8 Å². The van der Waals surface area contributed by atoms with Gasteiger partial charge in [-0.15, -0.1) is 11.8 Å². The first-order chi connectivity index (χ1) is 15.9. The van der Waals surface area contributed by atoms with Crippen LogP contribution in [0.2, 0.25) is 0 Å². The first kappa shape index (κ1) is 23.2. The summed E-state index contributed by atoms with van der Waals surface area (Å²) in [7, 11) is -2.83. The largest absolute Gasteiger partial charge is 0.397 e. The lowest BCUT2D eigenvalue weighted by Crippen LogP contribution is -2.41. The molecular formula is C24H34N4O3S2. The summed E-state index contributed by atoms with van der Waals surface area (Å²) in [5.74, 6) is 2.14. The number of aryl methyl sites for hydroxylation is 1. The quantitative estimate of drug-likeness (QED) is 0.626. The molecule has 0 unspecified atom stereocenters. The van der Waals surface area contributed by atoms with E-state index in [1.165, 1.54) is 16.6 Å². The second kappa shape index (κ2) is 9.60. The Labute approximate surface area is 200 Å². The van der Waals surface area contributed by atoms with Gasteiger partial charge in [-0.3, -0.25) is 4.99 Å². The van der Waals surface area contributed by atoms with E-state index in [9.17, 15) is 8.42 Å². The summed E-state index contributed by atoms with van der Waals surface area (Å²) in [6.45, 7) is 6.92. The van der Waals surface area contributed by atoms with Crippen molar-refractivity contribution in [3.05, 3.63) is 29.5 Å². The minimum absolute atomic E-state index is 0.275. The van der Waals surface area contributed by atoms with Crippen molar-refractivity contribution in [3.63, 3.8) is 0 Å². The molecule has 0 spiro atoms. The number of aliphatic imine (C=N–C) groups is 1. The predicted molar refractivity (Wildman–Crippen MR) is 137 cm³/mol. The van der Waals surface area contributed by atoms with Crippen molar-refractivity contribution in [2.24, 2.45) is 10.9 Å². The third-order valence-corrected chi connectivity index (χ3v) is 9.84. The monoisotopic (exact) mass is 490 g/mol. The number of ether oxygens (including phenoxy) is 1. The highest BCUT2D eigenvalue weighted by Crippen LogP contribution is 2.34. The van der Waals surface area contributed by atoms with Gasteiger partial charge in [0.05, 0.1) is 34.4 Å². The lowest BCUT2D eigenvalue weighted by Gasteiger charge is -2.26. The first-order valence-electron chi connectivity index (χ1n) is 12.0. The minimum Gasteiger partial charge on any atom is -0.397 e. The van der Waals surface area contributed by atoms with Crippen molar-refractivity contribution in [2.45, 2.75) is 38.8 Å². The highest BCUT2D eigenvalue weighted by molar-refractivity contribution is 8.14. The molecule has 5 rings (SSSR count). The number of nitrogens with two attached hydrogens (primary N) is 1. The summed E-state index contributed by atoms with van der Waals surface area (Å²) in [4.78, 5) is 7.39. The number of fused-ring (bicyclic) bond motifs is 1. The summed E-state index contributed by atoms with van der Waals surface area (Å²) < 4.78 is 31.3. The molecule has 9 heteroatoms. The van der Waals surface area contributed by atoms with Gasteiger partial charge in [0.1, 0.15) is 5.04 Å². The molecule has 0 aliphatic carbocycles. The third-order valence-electron chi connectivity index (χ3n) is 7.09. The van der Waals surface area contributed by atoms with E-state index in [0.29, 0.717) is 19.0 Å². The predicted octanol–water partition coefficient (Wildman–Crippen LogP) is 2.94. The zero-order valence-corrected chi connectivity index (χ0v) is 21.0. The number of nitrogen functional groups attached to an aromatic ring is 1. The number of aromatic nitrogens is 1. The Kier molecular flexibility index (Phi) is 6.75. The van der Waals surface area contributed by atoms with Gasteiger partial charge in [0.15, 0.2) is 9.84 Å². The molecule has 0 radical (unpaired) electrons. The van der Waals surface area contributed by atoms with Crippen LogP contribution in [-0.4, -0.2) is 79.1 Å². The maximum absolute atomic E-state index is 11.7. The Morgan fingerprint density at radius 3 is 2.70 bits per heavy atom. The topological polar surface area (TPSA) is 89.9 Å². The van der Waals surface area contributed by atoms with Crippen molar-refractivity contribution in [3.8, 4) is 0 Å². The van der Waals surface area contributed by atoms with Crippen LogP contribution in [0.15, 0.2) is 23.2 Å². The average molecular weight is 491 g/mol. The highest BCUT2D eigenvalue weighted by atomic mass is 32.2. The van der Waals surface area contributed by atoms with E-state index in [2.05, 4.69) is 34.6 Å². The fourth-order valence-electron chi connectivity index (χ4n) is 5.17. The lowest BCUT2D eigenvalue weighted by atomic mass is 10.00.